The SMILES string of the molecule is CCNS(=O)(=O)C(F)(F)C(F)(F)C(F)(F)C(F)(F)C(F)(F)C(F)(F)C(F)(F)C(F)(F)F.[H-].[Na+]. The van der Waals surface area contributed by atoms with Crippen molar-refractivity contribution in [2.24, 2.45) is 0 Å². The number of alkyl halides is 17. The first kappa shape index (κ1) is 33.9. The molecule has 0 aliphatic heterocycles. The summed E-state index contributed by atoms with van der Waals surface area (Å²) in [4.78, 5) is 0. The van der Waals surface area contributed by atoms with Crippen LogP contribution in [0.2, 0.25) is 0 Å². The minimum Gasteiger partial charge on any atom is -1.00 e. The Morgan fingerprint density at radius 3 is 1.06 bits per heavy atom. The second-order valence-electron chi connectivity index (χ2n) is 5.46. The molecule has 1 N–H and O–H groups in total. The zero-order chi connectivity index (χ0) is 25.9. The normalized spacial score (nSPS) is 16.1. The number of rotatable bonds is 9. The van der Waals surface area contributed by atoms with Crippen molar-refractivity contribution >= 4 is 10.0 Å². The van der Waals surface area contributed by atoms with E-state index in [9.17, 15) is 83.1 Å². The van der Waals surface area contributed by atoms with Crippen molar-refractivity contribution in [3.63, 3.8) is 0 Å². The Kier molecular flexibility index (Phi) is 9.26. The topological polar surface area (TPSA) is 46.2 Å². The van der Waals surface area contributed by atoms with E-state index < -0.39 is 63.5 Å². The van der Waals surface area contributed by atoms with Crippen LogP contribution in [-0.2, 0) is 10.0 Å². The summed E-state index contributed by atoms with van der Waals surface area (Å²) >= 11 is 0. The molecule has 0 amide bonds. The van der Waals surface area contributed by atoms with E-state index in [0.717, 1.165) is 0 Å². The van der Waals surface area contributed by atoms with E-state index >= 15 is 0 Å². The van der Waals surface area contributed by atoms with Crippen LogP contribution in [0.3, 0.4) is 0 Å². The van der Waals surface area contributed by atoms with Gasteiger partial charge in [0.05, 0.1) is 0 Å². The van der Waals surface area contributed by atoms with E-state index in [1.54, 1.807) is 0 Å². The van der Waals surface area contributed by atoms with Crippen LogP contribution in [-0.4, -0.2) is 61.9 Å². The molecule has 0 aromatic rings. The van der Waals surface area contributed by atoms with Gasteiger partial charge in [-0.2, -0.15) is 74.6 Å². The zero-order valence-electron chi connectivity index (χ0n) is 15.9. The number of halogens is 17. The molecular weight excluding hydrogens is 544 g/mol. The van der Waals surface area contributed by atoms with Gasteiger partial charge in [-0.1, -0.05) is 6.92 Å². The van der Waals surface area contributed by atoms with Gasteiger partial charge in [0.25, 0.3) is 10.0 Å². The van der Waals surface area contributed by atoms with Crippen molar-refractivity contribution in [3.05, 3.63) is 0 Å². The average molecular weight is 551 g/mol. The van der Waals surface area contributed by atoms with Crippen LogP contribution in [0.4, 0.5) is 74.6 Å². The molecule has 0 aliphatic rings. The second kappa shape index (κ2) is 8.74. The van der Waals surface area contributed by atoms with Crippen molar-refractivity contribution in [1.29, 1.82) is 0 Å². The Morgan fingerprint density at radius 1 is 0.562 bits per heavy atom. The molecule has 0 atom stereocenters. The fourth-order valence-electron chi connectivity index (χ4n) is 1.60. The Bertz CT molecular complexity index is 781. The molecular formula is C10H7F17NNaO2S. The number of nitrogens with one attached hydrogen (secondary N) is 1. The molecule has 0 fully saturated rings. The van der Waals surface area contributed by atoms with E-state index in [-0.39, 0.29) is 31.0 Å². The zero-order valence-corrected chi connectivity index (χ0v) is 17.7. The maximum absolute atomic E-state index is 13.4. The molecule has 0 aliphatic carbocycles. The first-order valence-corrected chi connectivity index (χ1v) is 8.25. The number of sulfonamides is 1. The van der Waals surface area contributed by atoms with Gasteiger partial charge in [-0.05, 0) is 0 Å². The van der Waals surface area contributed by atoms with E-state index in [0.29, 0.717) is 11.6 Å². The van der Waals surface area contributed by atoms with Gasteiger partial charge in [0.15, 0.2) is 0 Å². The third-order valence-corrected chi connectivity index (χ3v) is 4.97. The van der Waals surface area contributed by atoms with Gasteiger partial charge in [0.2, 0.25) is 0 Å². The first-order valence-electron chi connectivity index (χ1n) is 6.76. The summed E-state index contributed by atoms with van der Waals surface area (Å²) in [5.41, 5.74) is 0. The van der Waals surface area contributed by atoms with Gasteiger partial charge in [0.1, 0.15) is 0 Å². The van der Waals surface area contributed by atoms with Gasteiger partial charge in [-0.25, -0.2) is 13.1 Å². The number of hydrogen-bond donors (Lipinski definition) is 1. The smallest absolute Gasteiger partial charge is 1.00 e. The molecule has 0 aromatic heterocycles. The Morgan fingerprint density at radius 2 is 0.812 bits per heavy atom. The quantitative estimate of drug-likeness (QED) is 0.353. The van der Waals surface area contributed by atoms with Crippen LogP contribution >= 0.6 is 0 Å². The van der Waals surface area contributed by atoms with Gasteiger partial charge >= 0.3 is 76.5 Å². The minimum absolute atomic E-state index is 0. The standard InChI is InChI=1S/C10H6F17NO2S.Na.H/c1-2-28-31(29,30)10(26,27)8(21,22)6(17,18)4(13,14)3(11,12)5(15,16)7(19,20)9(23,24)25;;/h28H,2H2,1H3;;/q;+1;-1. The molecule has 0 saturated heterocycles. The van der Waals surface area contributed by atoms with Gasteiger partial charge < -0.3 is 1.43 Å². The third-order valence-electron chi connectivity index (χ3n) is 3.37. The molecule has 0 rings (SSSR count). The summed E-state index contributed by atoms with van der Waals surface area (Å²) in [7, 11) is -7.15. The second-order valence-corrected chi connectivity index (χ2v) is 7.27. The van der Waals surface area contributed by atoms with Crippen LogP contribution in [0.1, 0.15) is 8.35 Å². The molecule has 22 heteroatoms. The molecule has 0 spiro atoms. The molecule has 0 radical (unpaired) electrons. The van der Waals surface area contributed by atoms with Crippen molar-refractivity contribution in [2.45, 2.75) is 53.9 Å². The van der Waals surface area contributed by atoms with Crippen LogP contribution in [0.5, 0.6) is 0 Å². The summed E-state index contributed by atoms with van der Waals surface area (Å²) in [6, 6.07) is 0. The molecule has 0 heterocycles. The van der Waals surface area contributed by atoms with Crippen molar-refractivity contribution in [1.82, 2.24) is 4.72 Å². The predicted molar refractivity (Wildman–Crippen MR) is 64.4 cm³/mol. The molecule has 190 valence electrons. The van der Waals surface area contributed by atoms with E-state index in [4.69, 9.17) is 0 Å². The van der Waals surface area contributed by atoms with Crippen LogP contribution < -0.4 is 34.3 Å². The third kappa shape index (κ3) is 4.28. The maximum atomic E-state index is 13.4. The fraction of sp³-hybridized carbons (Fsp3) is 1.00. The van der Waals surface area contributed by atoms with Crippen LogP contribution in [0.25, 0.3) is 0 Å². The monoisotopic (exact) mass is 551 g/mol. The Labute approximate surface area is 189 Å². The van der Waals surface area contributed by atoms with Gasteiger partial charge in [-0.15, -0.1) is 0 Å². The van der Waals surface area contributed by atoms with Crippen molar-refractivity contribution < 1.29 is 114 Å². The summed E-state index contributed by atoms with van der Waals surface area (Å²) in [6.07, 6.45) is -7.86. The molecule has 0 unspecified atom stereocenters. The largest absolute Gasteiger partial charge is 1.00 e. The van der Waals surface area contributed by atoms with Crippen LogP contribution in [0, 0.1) is 0 Å². The van der Waals surface area contributed by atoms with E-state index in [1.165, 1.54) is 0 Å². The summed E-state index contributed by atoms with van der Waals surface area (Å²) < 4.78 is 242. The van der Waals surface area contributed by atoms with E-state index in [2.05, 4.69) is 0 Å². The van der Waals surface area contributed by atoms with Crippen molar-refractivity contribution in [3.8, 4) is 0 Å². The fourth-order valence-corrected chi connectivity index (χ4v) is 2.63. The van der Waals surface area contributed by atoms with Crippen molar-refractivity contribution in [2.75, 3.05) is 6.54 Å². The summed E-state index contributed by atoms with van der Waals surface area (Å²) in [5, 5.41) is -7.50. The summed E-state index contributed by atoms with van der Waals surface area (Å²) in [6.45, 7) is -0.811. The minimum atomic E-state index is -8.81. The molecule has 0 aromatic carbocycles. The molecule has 32 heavy (non-hydrogen) atoms. The van der Waals surface area contributed by atoms with Gasteiger partial charge in [-0.3, -0.25) is 0 Å². The maximum Gasteiger partial charge on any atom is 1.00 e. The molecule has 3 nitrogen and oxygen atoms in total. The average Bonchev–Trinajstić information content (AvgIpc) is 2.52. The predicted octanol–water partition coefficient (Wildman–Crippen LogP) is 2.01. The number of hydrogen-bond acceptors (Lipinski definition) is 2. The van der Waals surface area contributed by atoms with Gasteiger partial charge in [0, 0.05) is 6.54 Å². The summed E-state index contributed by atoms with van der Waals surface area (Å²) in [5.74, 6) is -51.4. The Hall–Kier alpha value is -0.280. The van der Waals surface area contributed by atoms with E-state index in [1.807, 2.05) is 0 Å². The molecule has 0 saturated carbocycles. The first-order chi connectivity index (χ1) is 13.1. The molecule has 0 bridgehead atoms. The van der Waals surface area contributed by atoms with Crippen LogP contribution in [0.15, 0.2) is 0 Å². The Balaban J connectivity index is -0.00000450.